The summed E-state index contributed by atoms with van der Waals surface area (Å²) in [4.78, 5) is 6.69. The Morgan fingerprint density at radius 1 is 1.33 bits per heavy atom. The zero-order valence-corrected chi connectivity index (χ0v) is 15.8. The molecule has 140 valence electrons. The largest absolute Gasteiger partial charge is 0.382 e. The van der Waals surface area contributed by atoms with Crippen LogP contribution in [-0.2, 0) is 9.47 Å². The van der Waals surface area contributed by atoms with Crippen molar-refractivity contribution in [3.05, 3.63) is 0 Å². The van der Waals surface area contributed by atoms with Gasteiger partial charge < -0.3 is 25.0 Å². The number of hydrogen-bond acceptors (Lipinski definition) is 4. The van der Waals surface area contributed by atoms with E-state index in [1.807, 2.05) is 7.05 Å². The van der Waals surface area contributed by atoms with Crippen LogP contribution >= 0.6 is 0 Å². The molecular formula is C18H36N4O2. The molecule has 2 fully saturated rings. The molecule has 0 amide bonds. The number of rotatable bonds is 8. The van der Waals surface area contributed by atoms with Gasteiger partial charge in [-0.15, -0.1) is 0 Å². The number of aliphatic imine (C=N–C) groups is 1. The molecule has 1 aliphatic heterocycles. The lowest BCUT2D eigenvalue weighted by Crippen LogP contribution is -2.49. The fraction of sp³-hybridized carbons (Fsp3) is 0.944. The molecule has 0 radical (unpaired) electrons. The van der Waals surface area contributed by atoms with Crippen molar-refractivity contribution < 1.29 is 9.47 Å². The highest BCUT2D eigenvalue weighted by atomic mass is 16.5. The molecule has 1 saturated carbocycles. The van der Waals surface area contributed by atoms with Crippen molar-refractivity contribution in [2.24, 2.45) is 10.4 Å². The molecule has 1 atom stereocenters. The van der Waals surface area contributed by atoms with Crippen molar-refractivity contribution in [2.75, 3.05) is 60.1 Å². The van der Waals surface area contributed by atoms with Crippen LogP contribution in [0.15, 0.2) is 4.99 Å². The summed E-state index contributed by atoms with van der Waals surface area (Å²) in [5.74, 6) is 0.884. The second-order valence-electron chi connectivity index (χ2n) is 7.22. The first-order valence-corrected chi connectivity index (χ1v) is 9.50. The van der Waals surface area contributed by atoms with Crippen molar-refractivity contribution >= 4 is 5.96 Å². The van der Waals surface area contributed by atoms with Crippen LogP contribution in [0.1, 0.15) is 39.0 Å². The molecule has 0 bridgehead atoms. The first-order valence-electron chi connectivity index (χ1n) is 9.50. The van der Waals surface area contributed by atoms with Gasteiger partial charge in [0.2, 0.25) is 0 Å². The number of nitrogens with zero attached hydrogens (tertiary/aromatic N) is 2. The van der Waals surface area contributed by atoms with Gasteiger partial charge in [0, 0.05) is 46.4 Å². The molecule has 0 aromatic rings. The van der Waals surface area contributed by atoms with Crippen LogP contribution in [0.3, 0.4) is 0 Å². The summed E-state index contributed by atoms with van der Waals surface area (Å²) in [5, 5.41) is 6.97. The number of morpholine rings is 1. The standard InChI is InChI=1S/C18H36N4O2/c1-4-23-11-9-18(7-5-6-8-18)15-21-17(19-2)20-13-16-14-22(3)10-12-24-16/h16H,4-15H2,1-3H3,(H2,19,20,21). The molecule has 6 heteroatoms. The van der Waals surface area contributed by atoms with Gasteiger partial charge in [-0.2, -0.15) is 0 Å². The normalized spacial score (nSPS) is 25.0. The molecule has 1 heterocycles. The molecular weight excluding hydrogens is 304 g/mol. The number of ether oxygens (including phenoxy) is 2. The Balaban J connectivity index is 1.74. The Morgan fingerprint density at radius 3 is 2.79 bits per heavy atom. The lowest BCUT2D eigenvalue weighted by atomic mass is 9.83. The van der Waals surface area contributed by atoms with Gasteiger partial charge >= 0.3 is 0 Å². The van der Waals surface area contributed by atoms with E-state index in [0.29, 0.717) is 5.41 Å². The smallest absolute Gasteiger partial charge is 0.191 e. The molecule has 24 heavy (non-hydrogen) atoms. The molecule has 1 unspecified atom stereocenters. The second kappa shape index (κ2) is 10.2. The highest BCUT2D eigenvalue weighted by Crippen LogP contribution is 2.40. The van der Waals surface area contributed by atoms with E-state index in [0.717, 1.165) is 58.4 Å². The Labute approximate surface area is 147 Å². The zero-order valence-electron chi connectivity index (χ0n) is 15.8. The van der Waals surface area contributed by atoms with Gasteiger partial charge in [0.25, 0.3) is 0 Å². The zero-order chi connectivity index (χ0) is 17.3. The van der Waals surface area contributed by atoms with Crippen LogP contribution in [0.25, 0.3) is 0 Å². The fourth-order valence-corrected chi connectivity index (χ4v) is 3.77. The van der Waals surface area contributed by atoms with Crippen molar-refractivity contribution in [1.29, 1.82) is 0 Å². The van der Waals surface area contributed by atoms with Crippen LogP contribution in [0, 0.1) is 5.41 Å². The average Bonchev–Trinajstić information content (AvgIpc) is 3.04. The third kappa shape index (κ3) is 6.22. The lowest BCUT2D eigenvalue weighted by molar-refractivity contribution is -0.0161. The first-order chi connectivity index (χ1) is 11.7. The molecule has 0 spiro atoms. The Kier molecular flexibility index (Phi) is 8.29. The van der Waals surface area contributed by atoms with E-state index in [9.17, 15) is 0 Å². The van der Waals surface area contributed by atoms with E-state index < -0.39 is 0 Å². The predicted octanol–water partition coefficient (Wildman–Crippen LogP) is 1.47. The molecule has 1 aliphatic carbocycles. The Bertz CT molecular complexity index is 383. The number of nitrogens with one attached hydrogen (secondary N) is 2. The van der Waals surface area contributed by atoms with Crippen molar-refractivity contribution in [3.8, 4) is 0 Å². The maximum atomic E-state index is 5.80. The summed E-state index contributed by atoms with van der Waals surface area (Å²) < 4.78 is 11.4. The third-order valence-corrected chi connectivity index (χ3v) is 5.34. The summed E-state index contributed by atoms with van der Waals surface area (Å²) in [7, 11) is 3.98. The summed E-state index contributed by atoms with van der Waals surface area (Å²) in [6, 6.07) is 0. The summed E-state index contributed by atoms with van der Waals surface area (Å²) in [6.07, 6.45) is 6.63. The SMILES string of the molecule is CCOCCC1(CNC(=NC)NCC2CN(C)CCO2)CCCC1. The van der Waals surface area contributed by atoms with Gasteiger partial charge in [0.15, 0.2) is 5.96 Å². The van der Waals surface area contributed by atoms with Crippen molar-refractivity contribution in [2.45, 2.75) is 45.1 Å². The van der Waals surface area contributed by atoms with Crippen molar-refractivity contribution in [3.63, 3.8) is 0 Å². The summed E-state index contributed by atoms with van der Waals surface area (Å²) >= 11 is 0. The topological polar surface area (TPSA) is 58.1 Å². The van der Waals surface area contributed by atoms with Gasteiger partial charge in [-0.05, 0) is 38.6 Å². The predicted molar refractivity (Wildman–Crippen MR) is 98.6 cm³/mol. The maximum absolute atomic E-state index is 5.80. The van der Waals surface area contributed by atoms with E-state index in [4.69, 9.17) is 9.47 Å². The molecule has 2 rings (SSSR count). The van der Waals surface area contributed by atoms with E-state index in [2.05, 4.69) is 34.5 Å². The average molecular weight is 341 g/mol. The fourth-order valence-electron chi connectivity index (χ4n) is 3.77. The van der Waals surface area contributed by atoms with Gasteiger partial charge in [0.1, 0.15) is 0 Å². The van der Waals surface area contributed by atoms with E-state index in [1.54, 1.807) is 0 Å². The second-order valence-corrected chi connectivity index (χ2v) is 7.22. The molecule has 2 aliphatic rings. The molecule has 0 aromatic heterocycles. The third-order valence-electron chi connectivity index (χ3n) is 5.34. The first kappa shape index (κ1) is 19.5. The Morgan fingerprint density at radius 2 is 2.12 bits per heavy atom. The van der Waals surface area contributed by atoms with Gasteiger partial charge in [0.05, 0.1) is 12.7 Å². The lowest BCUT2D eigenvalue weighted by Gasteiger charge is -2.32. The van der Waals surface area contributed by atoms with Crippen LogP contribution in [0.4, 0.5) is 0 Å². The summed E-state index contributed by atoms with van der Waals surface area (Å²) in [5.41, 5.74) is 0.369. The van der Waals surface area contributed by atoms with Crippen LogP contribution in [0.5, 0.6) is 0 Å². The maximum Gasteiger partial charge on any atom is 0.191 e. The number of hydrogen-bond donors (Lipinski definition) is 2. The van der Waals surface area contributed by atoms with E-state index in [-0.39, 0.29) is 6.10 Å². The van der Waals surface area contributed by atoms with Crippen LogP contribution in [0.2, 0.25) is 0 Å². The van der Waals surface area contributed by atoms with Crippen LogP contribution < -0.4 is 10.6 Å². The minimum Gasteiger partial charge on any atom is -0.382 e. The van der Waals surface area contributed by atoms with E-state index in [1.165, 1.54) is 25.7 Å². The highest BCUT2D eigenvalue weighted by molar-refractivity contribution is 5.79. The van der Waals surface area contributed by atoms with E-state index >= 15 is 0 Å². The van der Waals surface area contributed by atoms with Gasteiger partial charge in [-0.1, -0.05) is 12.8 Å². The quantitative estimate of drug-likeness (QED) is 0.398. The highest BCUT2D eigenvalue weighted by Gasteiger charge is 2.33. The minimum absolute atomic E-state index is 0.237. The molecule has 1 saturated heterocycles. The van der Waals surface area contributed by atoms with Gasteiger partial charge in [-0.3, -0.25) is 4.99 Å². The molecule has 0 aromatic carbocycles. The molecule has 2 N–H and O–H groups in total. The van der Waals surface area contributed by atoms with Crippen LogP contribution in [-0.4, -0.2) is 77.1 Å². The van der Waals surface area contributed by atoms with Gasteiger partial charge in [-0.25, -0.2) is 0 Å². The Hall–Kier alpha value is -0.850. The number of likely N-dealkylation sites (N-methyl/N-ethyl adjacent to an activating group) is 1. The molecule has 6 nitrogen and oxygen atoms in total. The summed E-state index contributed by atoms with van der Waals surface area (Å²) in [6.45, 7) is 8.33. The number of guanidine groups is 1. The monoisotopic (exact) mass is 340 g/mol. The van der Waals surface area contributed by atoms with Crippen molar-refractivity contribution in [1.82, 2.24) is 15.5 Å². The minimum atomic E-state index is 0.237.